The standard InChI is InChI=1S/2C16H23N7O2/c2*1-20-14(24)13-19-23(16(20)25)8-3-2-7-21-9-11-22(12-10-21)15-17-5-4-6-18-15/h2*4-6,13H,2-3,7-12H2,1H3. The van der Waals surface area contributed by atoms with Crippen molar-refractivity contribution in [2.24, 2.45) is 14.1 Å². The van der Waals surface area contributed by atoms with Gasteiger partial charge in [0.25, 0.3) is 11.1 Å². The normalized spacial score (nSPS) is 15.5. The molecule has 0 aromatic carbocycles. The Kier molecular flexibility index (Phi) is 13.1. The van der Waals surface area contributed by atoms with E-state index in [1.165, 1.54) is 35.9 Å². The van der Waals surface area contributed by atoms with Crippen LogP contribution in [-0.4, -0.2) is 124 Å². The minimum Gasteiger partial charge on any atom is -0.338 e. The smallest absolute Gasteiger partial charge is 0.338 e. The van der Waals surface area contributed by atoms with Gasteiger partial charge in [0, 0.05) is 104 Å². The van der Waals surface area contributed by atoms with E-state index in [1.54, 1.807) is 24.8 Å². The molecule has 50 heavy (non-hydrogen) atoms. The first kappa shape index (κ1) is 36.2. The van der Waals surface area contributed by atoms with E-state index in [2.05, 4.69) is 49.7 Å². The molecule has 2 aliphatic rings. The van der Waals surface area contributed by atoms with Crippen LogP contribution >= 0.6 is 0 Å². The number of hydrogen-bond donors (Lipinski definition) is 0. The van der Waals surface area contributed by atoms with Crippen LogP contribution in [0.2, 0.25) is 0 Å². The number of unbranched alkanes of at least 4 members (excludes halogenated alkanes) is 2. The topological polar surface area (TPSA) is 178 Å². The Morgan fingerprint density at radius 3 is 1.20 bits per heavy atom. The molecule has 6 heterocycles. The van der Waals surface area contributed by atoms with Crippen molar-refractivity contribution in [3.63, 3.8) is 0 Å². The number of rotatable bonds is 12. The summed E-state index contributed by atoms with van der Waals surface area (Å²) in [7, 11) is 2.94. The molecule has 0 N–H and O–H groups in total. The highest BCUT2D eigenvalue weighted by atomic mass is 16.2. The highest BCUT2D eigenvalue weighted by Crippen LogP contribution is 2.11. The molecule has 0 aliphatic carbocycles. The Morgan fingerprint density at radius 1 is 0.500 bits per heavy atom. The van der Waals surface area contributed by atoms with E-state index in [4.69, 9.17) is 0 Å². The van der Waals surface area contributed by atoms with Crippen molar-refractivity contribution in [2.75, 3.05) is 75.2 Å². The summed E-state index contributed by atoms with van der Waals surface area (Å²) < 4.78 is 4.87. The Hall–Kier alpha value is -5.10. The molecule has 0 unspecified atom stereocenters. The Morgan fingerprint density at radius 2 is 0.840 bits per heavy atom. The van der Waals surface area contributed by atoms with Crippen LogP contribution in [-0.2, 0) is 27.2 Å². The zero-order valence-electron chi connectivity index (χ0n) is 28.8. The summed E-state index contributed by atoms with van der Waals surface area (Å²) in [6, 6.07) is 3.65. The lowest BCUT2D eigenvalue weighted by molar-refractivity contribution is 0.249. The monoisotopic (exact) mass is 690 g/mol. The maximum atomic E-state index is 11.9. The number of nitrogens with zero attached hydrogens (tertiary/aromatic N) is 14. The minimum atomic E-state index is -0.374. The maximum Gasteiger partial charge on any atom is 0.347 e. The van der Waals surface area contributed by atoms with Gasteiger partial charge in [-0.25, -0.2) is 38.9 Å². The van der Waals surface area contributed by atoms with Gasteiger partial charge < -0.3 is 9.80 Å². The largest absolute Gasteiger partial charge is 0.347 e. The van der Waals surface area contributed by atoms with Crippen LogP contribution in [0, 0.1) is 0 Å². The van der Waals surface area contributed by atoms with Gasteiger partial charge in [0.1, 0.15) is 12.4 Å². The van der Waals surface area contributed by atoms with Crippen molar-refractivity contribution in [3.8, 4) is 0 Å². The second-order valence-electron chi connectivity index (χ2n) is 12.3. The first-order valence-electron chi connectivity index (χ1n) is 17.0. The molecule has 6 rings (SSSR count). The van der Waals surface area contributed by atoms with Gasteiger partial charge in [-0.1, -0.05) is 0 Å². The van der Waals surface area contributed by atoms with E-state index < -0.39 is 0 Å². The third kappa shape index (κ3) is 9.97. The molecular weight excluding hydrogens is 644 g/mol. The van der Waals surface area contributed by atoms with Gasteiger partial charge in [0.05, 0.1) is 0 Å². The van der Waals surface area contributed by atoms with Crippen LogP contribution in [0.4, 0.5) is 11.9 Å². The minimum absolute atomic E-state index is 0.357. The third-order valence-corrected chi connectivity index (χ3v) is 8.89. The zero-order chi connectivity index (χ0) is 35.3. The van der Waals surface area contributed by atoms with Crippen molar-refractivity contribution in [3.05, 3.63) is 91.0 Å². The molecule has 2 aliphatic heterocycles. The van der Waals surface area contributed by atoms with Gasteiger partial charge in [0.2, 0.25) is 11.9 Å². The molecule has 2 saturated heterocycles. The number of anilines is 2. The number of hydrogen-bond acceptors (Lipinski definition) is 14. The van der Waals surface area contributed by atoms with Crippen molar-refractivity contribution < 1.29 is 0 Å². The van der Waals surface area contributed by atoms with E-state index in [-0.39, 0.29) is 22.5 Å². The molecule has 0 radical (unpaired) electrons. The summed E-state index contributed by atoms with van der Waals surface area (Å²) in [5.41, 5.74) is -1.46. The molecule has 0 atom stereocenters. The predicted molar refractivity (Wildman–Crippen MR) is 187 cm³/mol. The number of aryl methyl sites for hydroxylation is 2. The fraction of sp³-hybridized carbons (Fsp3) is 0.562. The fourth-order valence-corrected chi connectivity index (χ4v) is 5.80. The summed E-state index contributed by atoms with van der Waals surface area (Å²) in [5.74, 6) is 1.59. The molecule has 268 valence electrons. The lowest BCUT2D eigenvalue weighted by atomic mass is 10.2. The summed E-state index contributed by atoms with van der Waals surface area (Å²) in [5, 5.41) is 7.81. The summed E-state index contributed by atoms with van der Waals surface area (Å²) >= 11 is 0. The van der Waals surface area contributed by atoms with Crippen LogP contribution in [0.1, 0.15) is 25.7 Å². The van der Waals surface area contributed by atoms with Crippen LogP contribution in [0.5, 0.6) is 0 Å². The quantitative estimate of drug-likeness (QED) is 0.160. The molecular formula is C32H46N14O4. The highest BCUT2D eigenvalue weighted by molar-refractivity contribution is 5.29. The van der Waals surface area contributed by atoms with Crippen LogP contribution in [0.25, 0.3) is 0 Å². The summed E-state index contributed by atoms with van der Waals surface area (Å²) in [6.45, 7) is 10.7. The van der Waals surface area contributed by atoms with E-state index in [9.17, 15) is 19.2 Å². The fourth-order valence-electron chi connectivity index (χ4n) is 5.80. The van der Waals surface area contributed by atoms with Crippen LogP contribution in [0.3, 0.4) is 0 Å². The first-order valence-corrected chi connectivity index (χ1v) is 17.0. The Bertz CT molecular complexity index is 1730. The second-order valence-corrected chi connectivity index (χ2v) is 12.3. The van der Waals surface area contributed by atoms with Gasteiger partial charge in [-0.05, 0) is 50.9 Å². The average molecular weight is 691 g/mol. The molecule has 0 bridgehead atoms. The van der Waals surface area contributed by atoms with Gasteiger partial charge in [0.15, 0.2) is 0 Å². The number of piperazine rings is 2. The molecule has 0 amide bonds. The Balaban J connectivity index is 0.000000194. The van der Waals surface area contributed by atoms with E-state index in [0.29, 0.717) is 13.1 Å². The summed E-state index contributed by atoms with van der Waals surface area (Å²) in [6.07, 6.45) is 13.1. The van der Waals surface area contributed by atoms with E-state index in [1.807, 2.05) is 12.1 Å². The SMILES string of the molecule is Cn1c(=O)cnn(CCCCN2CCN(c3ncccn3)CC2)c1=O.Cn1c(=O)cnn(CCCCN2CCN(c3ncccn3)CC2)c1=O. The van der Waals surface area contributed by atoms with Gasteiger partial charge in [-0.15, -0.1) is 0 Å². The molecule has 0 saturated carbocycles. The second kappa shape index (κ2) is 18.1. The number of aromatic nitrogens is 10. The lowest BCUT2D eigenvalue weighted by Gasteiger charge is -2.34. The van der Waals surface area contributed by atoms with Gasteiger partial charge in [-0.3, -0.25) is 28.5 Å². The van der Waals surface area contributed by atoms with E-state index >= 15 is 0 Å². The predicted octanol–water partition coefficient (Wildman–Crippen LogP) is -1.33. The Labute approximate surface area is 289 Å². The van der Waals surface area contributed by atoms with Gasteiger partial charge in [-0.2, -0.15) is 10.2 Å². The van der Waals surface area contributed by atoms with Crippen LogP contribution in [0.15, 0.2) is 68.5 Å². The van der Waals surface area contributed by atoms with Crippen molar-refractivity contribution in [1.82, 2.24) is 58.4 Å². The van der Waals surface area contributed by atoms with Crippen LogP contribution < -0.4 is 32.3 Å². The van der Waals surface area contributed by atoms with Crippen molar-refractivity contribution in [2.45, 2.75) is 38.8 Å². The molecule has 18 heteroatoms. The van der Waals surface area contributed by atoms with E-state index in [0.717, 1.165) is 112 Å². The first-order chi connectivity index (χ1) is 24.3. The third-order valence-electron chi connectivity index (χ3n) is 8.89. The molecule has 4 aromatic rings. The molecule has 18 nitrogen and oxygen atoms in total. The molecule has 0 spiro atoms. The van der Waals surface area contributed by atoms with Crippen molar-refractivity contribution in [1.29, 1.82) is 0 Å². The maximum absolute atomic E-state index is 11.9. The average Bonchev–Trinajstić information content (AvgIpc) is 3.16. The zero-order valence-corrected chi connectivity index (χ0v) is 28.8. The van der Waals surface area contributed by atoms with Crippen molar-refractivity contribution >= 4 is 11.9 Å². The highest BCUT2D eigenvalue weighted by Gasteiger charge is 2.19. The molecule has 2 fully saturated rings. The lowest BCUT2D eigenvalue weighted by Crippen LogP contribution is -2.47. The van der Waals surface area contributed by atoms with Gasteiger partial charge >= 0.3 is 11.4 Å². The summed E-state index contributed by atoms with van der Waals surface area (Å²) in [4.78, 5) is 72.8. The molecule has 4 aromatic heterocycles.